The summed E-state index contributed by atoms with van der Waals surface area (Å²) in [5.74, 6) is -0.231. The molecule has 136 valence electrons. The molecule has 2 aromatic carbocycles. The van der Waals surface area contributed by atoms with Crippen molar-refractivity contribution in [3.05, 3.63) is 64.7 Å². The molecule has 0 heterocycles. The Balaban J connectivity index is 1.61. The van der Waals surface area contributed by atoms with Crippen LogP contribution in [0.4, 0.5) is 5.69 Å². The fourth-order valence-electron chi connectivity index (χ4n) is 3.31. The van der Waals surface area contributed by atoms with E-state index in [0.717, 1.165) is 24.1 Å². The molecule has 2 amide bonds. The van der Waals surface area contributed by atoms with E-state index in [1.165, 1.54) is 24.8 Å². The van der Waals surface area contributed by atoms with Crippen molar-refractivity contribution >= 4 is 17.5 Å². The Morgan fingerprint density at radius 3 is 2.04 bits per heavy atom. The molecule has 0 aliphatic heterocycles. The second-order valence-electron chi connectivity index (χ2n) is 7.14. The van der Waals surface area contributed by atoms with E-state index in [1.54, 1.807) is 24.3 Å². The molecule has 0 saturated heterocycles. The number of rotatable bonds is 4. The Morgan fingerprint density at radius 1 is 0.808 bits per heavy atom. The van der Waals surface area contributed by atoms with Gasteiger partial charge in [0, 0.05) is 22.9 Å². The van der Waals surface area contributed by atoms with Crippen LogP contribution in [-0.2, 0) is 0 Å². The zero-order valence-electron chi connectivity index (χ0n) is 15.5. The summed E-state index contributed by atoms with van der Waals surface area (Å²) in [7, 11) is 0. The first-order valence-electron chi connectivity index (χ1n) is 9.32. The molecule has 0 atom stereocenters. The molecule has 3 rings (SSSR count). The maximum Gasteiger partial charge on any atom is 0.255 e. The number of carbonyl (C=O) groups is 2. The van der Waals surface area contributed by atoms with Crippen LogP contribution >= 0.6 is 0 Å². The predicted octanol–water partition coefficient (Wildman–Crippen LogP) is 4.62. The van der Waals surface area contributed by atoms with Crippen LogP contribution in [0.5, 0.6) is 0 Å². The molecule has 0 aromatic heterocycles. The highest BCUT2D eigenvalue weighted by Gasteiger charge is 2.17. The first-order valence-corrected chi connectivity index (χ1v) is 9.32. The van der Waals surface area contributed by atoms with E-state index in [0.29, 0.717) is 11.1 Å². The summed E-state index contributed by atoms with van der Waals surface area (Å²) in [6.45, 7) is 4.06. The molecule has 1 aliphatic rings. The van der Waals surface area contributed by atoms with Gasteiger partial charge < -0.3 is 10.6 Å². The molecule has 4 heteroatoms. The van der Waals surface area contributed by atoms with Gasteiger partial charge in [0.05, 0.1) is 0 Å². The number of anilines is 1. The third-order valence-corrected chi connectivity index (χ3v) is 5.11. The zero-order chi connectivity index (χ0) is 18.5. The molecule has 1 aliphatic carbocycles. The summed E-state index contributed by atoms with van der Waals surface area (Å²) >= 11 is 0. The molecule has 2 aromatic rings. The van der Waals surface area contributed by atoms with E-state index in [9.17, 15) is 9.59 Å². The van der Waals surface area contributed by atoms with Crippen molar-refractivity contribution < 1.29 is 9.59 Å². The van der Waals surface area contributed by atoms with E-state index in [1.807, 2.05) is 32.0 Å². The third-order valence-electron chi connectivity index (χ3n) is 5.11. The number of hydrogen-bond donors (Lipinski definition) is 2. The molecule has 1 fully saturated rings. The van der Waals surface area contributed by atoms with Crippen LogP contribution in [-0.4, -0.2) is 17.9 Å². The highest BCUT2D eigenvalue weighted by Crippen LogP contribution is 2.18. The Kier molecular flexibility index (Phi) is 5.71. The molecule has 0 spiro atoms. The van der Waals surface area contributed by atoms with Crippen molar-refractivity contribution in [1.82, 2.24) is 5.32 Å². The zero-order valence-corrected chi connectivity index (χ0v) is 15.5. The van der Waals surface area contributed by atoms with Gasteiger partial charge in [0.25, 0.3) is 11.8 Å². The quantitative estimate of drug-likeness (QED) is 0.845. The van der Waals surface area contributed by atoms with Gasteiger partial charge in [0.15, 0.2) is 0 Å². The minimum Gasteiger partial charge on any atom is -0.349 e. The molecule has 0 unspecified atom stereocenters. The average molecular weight is 350 g/mol. The van der Waals surface area contributed by atoms with Gasteiger partial charge in [-0.1, -0.05) is 25.3 Å². The first kappa shape index (κ1) is 18.2. The summed E-state index contributed by atoms with van der Waals surface area (Å²) < 4.78 is 0. The van der Waals surface area contributed by atoms with Gasteiger partial charge in [-0.15, -0.1) is 0 Å². The van der Waals surface area contributed by atoms with Gasteiger partial charge >= 0.3 is 0 Å². The smallest absolute Gasteiger partial charge is 0.255 e. The first-order chi connectivity index (χ1) is 12.5. The fraction of sp³-hybridized carbons (Fsp3) is 0.364. The molecule has 4 nitrogen and oxygen atoms in total. The SMILES string of the molecule is Cc1ccc(NC(=O)c2ccc(C(=O)NC3CCCCC3)cc2)cc1C. The predicted molar refractivity (Wildman–Crippen MR) is 105 cm³/mol. The second-order valence-corrected chi connectivity index (χ2v) is 7.14. The molecular weight excluding hydrogens is 324 g/mol. The van der Waals surface area contributed by atoms with Crippen molar-refractivity contribution in [2.45, 2.75) is 52.0 Å². The van der Waals surface area contributed by atoms with Crippen LogP contribution in [0.25, 0.3) is 0 Å². The number of nitrogens with one attached hydrogen (secondary N) is 2. The second kappa shape index (κ2) is 8.17. The van der Waals surface area contributed by atoms with E-state index in [2.05, 4.69) is 10.6 Å². The molecular formula is C22H26N2O2. The number of aryl methyl sites for hydroxylation is 2. The Bertz CT molecular complexity index is 790. The standard InChI is InChI=1S/C22H26N2O2/c1-15-8-13-20(14-16(15)2)24-22(26)18-11-9-17(10-12-18)21(25)23-19-6-4-3-5-7-19/h8-14,19H,3-7H2,1-2H3,(H,23,25)(H,24,26). The summed E-state index contributed by atoms with van der Waals surface area (Å²) in [5, 5.41) is 6.00. The monoisotopic (exact) mass is 350 g/mol. The lowest BCUT2D eigenvalue weighted by Gasteiger charge is -2.22. The fourth-order valence-corrected chi connectivity index (χ4v) is 3.31. The van der Waals surface area contributed by atoms with E-state index in [4.69, 9.17) is 0 Å². The lowest BCUT2D eigenvalue weighted by Crippen LogP contribution is -2.36. The summed E-state index contributed by atoms with van der Waals surface area (Å²) in [6, 6.07) is 13.0. The molecule has 2 N–H and O–H groups in total. The van der Waals surface area contributed by atoms with Crippen molar-refractivity contribution in [1.29, 1.82) is 0 Å². The Hall–Kier alpha value is -2.62. The van der Waals surface area contributed by atoms with Gasteiger partial charge in [0.2, 0.25) is 0 Å². The third kappa shape index (κ3) is 4.51. The Labute approximate surface area is 155 Å². The van der Waals surface area contributed by atoms with Gasteiger partial charge in [0.1, 0.15) is 0 Å². The van der Waals surface area contributed by atoms with Crippen molar-refractivity contribution in [3.63, 3.8) is 0 Å². The van der Waals surface area contributed by atoms with Crippen LogP contribution in [0.3, 0.4) is 0 Å². The van der Waals surface area contributed by atoms with Crippen molar-refractivity contribution in [2.24, 2.45) is 0 Å². The molecule has 1 saturated carbocycles. The maximum absolute atomic E-state index is 12.4. The minimum atomic E-state index is -0.174. The summed E-state index contributed by atoms with van der Waals surface area (Å²) in [6.07, 6.45) is 5.74. The average Bonchev–Trinajstić information content (AvgIpc) is 2.65. The summed E-state index contributed by atoms with van der Waals surface area (Å²) in [4.78, 5) is 24.7. The molecule has 26 heavy (non-hydrogen) atoms. The number of benzene rings is 2. The van der Waals surface area contributed by atoms with Crippen LogP contribution in [0.15, 0.2) is 42.5 Å². The number of carbonyl (C=O) groups excluding carboxylic acids is 2. The highest BCUT2D eigenvalue weighted by molar-refractivity contribution is 6.05. The number of amides is 2. The molecule has 0 bridgehead atoms. The van der Waals surface area contributed by atoms with E-state index < -0.39 is 0 Å². The van der Waals surface area contributed by atoms with Gasteiger partial charge in [-0.3, -0.25) is 9.59 Å². The minimum absolute atomic E-state index is 0.0574. The van der Waals surface area contributed by atoms with Crippen LogP contribution < -0.4 is 10.6 Å². The lowest BCUT2D eigenvalue weighted by molar-refractivity contribution is 0.0926. The van der Waals surface area contributed by atoms with Crippen LogP contribution in [0, 0.1) is 13.8 Å². The van der Waals surface area contributed by atoms with Crippen LogP contribution in [0.1, 0.15) is 63.9 Å². The van der Waals surface area contributed by atoms with E-state index >= 15 is 0 Å². The highest BCUT2D eigenvalue weighted by atomic mass is 16.2. The van der Waals surface area contributed by atoms with Gasteiger partial charge in [-0.25, -0.2) is 0 Å². The topological polar surface area (TPSA) is 58.2 Å². The summed E-state index contributed by atoms with van der Waals surface area (Å²) in [5.41, 5.74) is 4.24. The molecule has 0 radical (unpaired) electrons. The maximum atomic E-state index is 12.4. The Morgan fingerprint density at radius 2 is 1.42 bits per heavy atom. The van der Waals surface area contributed by atoms with Gasteiger partial charge in [-0.2, -0.15) is 0 Å². The van der Waals surface area contributed by atoms with Gasteiger partial charge in [-0.05, 0) is 74.2 Å². The lowest BCUT2D eigenvalue weighted by atomic mass is 9.95. The van der Waals surface area contributed by atoms with Crippen molar-refractivity contribution in [3.8, 4) is 0 Å². The van der Waals surface area contributed by atoms with E-state index in [-0.39, 0.29) is 17.9 Å². The van der Waals surface area contributed by atoms with Crippen LogP contribution in [0.2, 0.25) is 0 Å². The number of hydrogen-bond acceptors (Lipinski definition) is 2. The van der Waals surface area contributed by atoms with Crippen molar-refractivity contribution in [2.75, 3.05) is 5.32 Å². The normalized spacial score (nSPS) is 14.7. The largest absolute Gasteiger partial charge is 0.349 e.